The molecule has 4 nitrogen and oxygen atoms in total. The lowest BCUT2D eigenvalue weighted by molar-refractivity contribution is -0.116. The molecular formula is C11H10ClNO3. The van der Waals surface area contributed by atoms with Crippen LogP contribution < -0.4 is 4.90 Å². The van der Waals surface area contributed by atoms with Crippen LogP contribution in [0.1, 0.15) is 22.8 Å². The molecule has 0 aromatic heterocycles. The van der Waals surface area contributed by atoms with Crippen LogP contribution in [0.3, 0.4) is 0 Å². The summed E-state index contributed by atoms with van der Waals surface area (Å²) in [7, 11) is 0. The van der Waals surface area contributed by atoms with Gasteiger partial charge in [-0.3, -0.25) is 4.79 Å². The second-order valence-electron chi connectivity index (χ2n) is 3.69. The van der Waals surface area contributed by atoms with Crippen molar-refractivity contribution in [2.45, 2.75) is 13.3 Å². The number of anilines is 1. The smallest absolute Gasteiger partial charge is 0.337 e. The second-order valence-corrected chi connectivity index (χ2v) is 4.09. The van der Waals surface area contributed by atoms with E-state index in [2.05, 4.69) is 0 Å². The van der Waals surface area contributed by atoms with Crippen LogP contribution in [0, 0.1) is 0 Å². The molecule has 0 aliphatic carbocycles. The summed E-state index contributed by atoms with van der Waals surface area (Å²) in [4.78, 5) is 23.8. The molecule has 2 rings (SSSR count). The van der Waals surface area contributed by atoms with E-state index < -0.39 is 5.97 Å². The van der Waals surface area contributed by atoms with Gasteiger partial charge in [0.05, 0.1) is 10.6 Å². The number of nitrogens with zero attached hydrogens (tertiary/aromatic N) is 1. The third-order valence-corrected chi connectivity index (χ3v) is 2.99. The van der Waals surface area contributed by atoms with E-state index in [0.717, 1.165) is 11.3 Å². The topological polar surface area (TPSA) is 57.6 Å². The van der Waals surface area contributed by atoms with Crippen LogP contribution in [0.2, 0.25) is 5.02 Å². The summed E-state index contributed by atoms with van der Waals surface area (Å²) in [6.07, 6.45) is 0.673. The van der Waals surface area contributed by atoms with Gasteiger partial charge in [0.15, 0.2) is 0 Å². The monoisotopic (exact) mass is 239 g/mol. The molecule has 84 valence electrons. The molecule has 0 fully saturated rings. The number of rotatable bonds is 1. The van der Waals surface area contributed by atoms with Crippen LogP contribution in [0.25, 0.3) is 0 Å². The zero-order valence-electron chi connectivity index (χ0n) is 8.66. The van der Waals surface area contributed by atoms with Gasteiger partial charge in [-0.2, -0.15) is 0 Å². The first-order valence-electron chi connectivity index (χ1n) is 4.84. The van der Waals surface area contributed by atoms with Crippen LogP contribution >= 0.6 is 11.6 Å². The number of carboxylic acid groups (broad SMARTS) is 1. The van der Waals surface area contributed by atoms with Crippen molar-refractivity contribution in [3.05, 3.63) is 28.3 Å². The molecule has 0 unspecified atom stereocenters. The Morgan fingerprint density at radius 3 is 2.69 bits per heavy atom. The highest BCUT2D eigenvalue weighted by Crippen LogP contribution is 2.33. The Bertz CT molecular complexity index is 484. The molecule has 16 heavy (non-hydrogen) atoms. The average molecular weight is 240 g/mol. The average Bonchev–Trinajstić information content (AvgIpc) is 2.58. The fraction of sp³-hybridized carbons (Fsp3) is 0.273. The Morgan fingerprint density at radius 1 is 1.44 bits per heavy atom. The first kappa shape index (κ1) is 11.0. The molecule has 0 spiro atoms. The van der Waals surface area contributed by atoms with Crippen molar-refractivity contribution in [1.82, 2.24) is 0 Å². The number of carbonyl (C=O) groups is 2. The van der Waals surface area contributed by atoms with Gasteiger partial charge in [-0.25, -0.2) is 4.79 Å². The minimum absolute atomic E-state index is 0.0575. The van der Waals surface area contributed by atoms with Crippen molar-refractivity contribution < 1.29 is 14.7 Å². The summed E-state index contributed by atoms with van der Waals surface area (Å²) < 4.78 is 0. The SMILES string of the molecule is CC(=O)N1CCc2cc(C(=O)O)c(Cl)cc21. The van der Waals surface area contributed by atoms with Crippen LogP contribution in [-0.4, -0.2) is 23.5 Å². The molecule has 1 aliphatic heterocycles. The number of hydrogen-bond donors (Lipinski definition) is 1. The molecule has 0 atom stereocenters. The van der Waals surface area contributed by atoms with Crippen molar-refractivity contribution in [1.29, 1.82) is 0 Å². The zero-order chi connectivity index (χ0) is 11.9. The summed E-state index contributed by atoms with van der Waals surface area (Å²) >= 11 is 5.85. The predicted molar refractivity (Wildman–Crippen MR) is 60.1 cm³/mol. The zero-order valence-corrected chi connectivity index (χ0v) is 9.41. The normalized spacial score (nSPS) is 13.8. The summed E-state index contributed by atoms with van der Waals surface area (Å²) in [5.74, 6) is -1.10. The van der Waals surface area contributed by atoms with Gasteiger partial charge in [-0.1, -0.05) is 11.6 Å². The van der Waals surface area contributed by atoms with E-state index in [9.17, 15) is 9.59 Å². The maximum Gasteiger partial charge on any atom is 0.337 e. The van der Waals surface area contributed by atoms with Crippen LogP contribution in [-0.2, 0) is 11.2 Å². The third-order valence-electron chi connectivity index (χ3n) is 2.67. The first-order valence-corrected chi connectivity index (χ1v) is 5.22. The minimum atomic E-state index is -1.05. The molecule has 0 saturated heterocycles. The molecule has 1 heterocycles. The van der Waals surface area contributed by atoms with E-state index >= 15 is 0 Å². The number of amides is 1. The van der Waals surface area contributed by atoms with Gasteiger partial charge < -0.3 is 10.0 Å². The van der Waals surface area contributed by atoms with E-state index in [-0.39, 0.29) is 16.5 Å². The number of halogens is 1. The van der Waals surface area contributed by atoms with E-state index in [1.165, 1.54) is 6.92 Å². The fourth-order valence-electron chi connectivity index (χ4n) is 1.90. The Kier molecular flexibility index (Phi) is 2.59. The van der Waals surface area contributed by atoms with Gasteiger partial charge in [-0.15, -0.1) is 0 Å². The number of hydrogen-bond acceptors (Lipinski definition) is 2. The van der Waals surface area contributed by atoms with Crippen molar-refractivity contribution >= 4 is 29.2 Å². The van der Waals surface area contributed by atoms with Gasteiger partial charge in [0.25, 0.3) is 0 Å². The van der Waals surface area contributed by atoms with Crippen LogP contribution in [0.15, 0.2) is 12.1 Å². The lowest BCUT2D eigenvalue weighted by Gasteiger charge is -2.15. The quantitative estimate of drug-likeness (QED) is 0.815. The second kappa shape index (κ2) is 3.79. The number of aromatic carboxylic acids is 1. The molecule has 1 amide bonds. The maximum atomic E-state index is 11.3. The summed E-state index contributed by atoms with van der Waals surface area (Å²) in [6.45, 7) is 2.07. The first-order chi connectivity index (χ1) is 7.50. The van der Waals surface area contributed by atoms with E-state index in [4.69, 9.17) is 16.7 Å². The standard InChI is InChI=1S/C11H10ClNO3/c1-6(14)13-3-2-7-4-8(11(15)16)9(12)5-10(7)13/h4-5H,2-3H2,1H3,(H,15,16). The van der Waals surface area contributed by atoms with Gasteiger partial charge in [0.1, 0.15) is 0 Å². The van der Waals surface area contributed by atoms with Crippen molar-refractivity contribution in [2.75, 3.05) is 11.4 Å². The van der Waals surface area contributed by atoms with Crippen molar-refractivity contribution in [3.8, 4) is 0 Å². The highest BCUT2D eigenvalue weighted by atomic mass is 35.5. The minimum Gasteiger partial charge on any atom is -0.478 e. The predicted octanol–water partition coefficient (Wildman–Crippen LogP) is 1.95. The molecule has 1 aromatic rings. The van der Waals surface area contributed by atoms with E-state index in [1.54, 1.807) is 17.0 Å². The van der Waals surface area contributed by atoms with Crippen LogP contribution in [0.5, 0.6) is 0 Å². The number of carbonyl (C=O) groups excluding carboxylic acids is 1. The molecule has 0 bridgehead atoms. The van der Waals surface area contributed by atoms with Gasteiger partial charge in [0.2, 0.25) is 5.91 Å². The lowest BCUT2D eigenvalue weighted by Crippen LogP contribution is -2.25. The number of fused-ring (bicyclic) bond motifs is 1. The van der Waals surface area contributed by atoms with Gasteiger partial charge in [-0.05, 0) is 24.1 Å². The molecular weight excluding hydrogens is 230 g/mol. The fourth-order valence-corrected chi connectivity index (χ4v) is 2.14. The highest BCUT2D eigenvalue weighted by Gasteiger charge is 2.24. The molecule has 5 heteroatoms. The number of carboxylic acids is 1. The van der Waals surface area contributed by atoms with Crippen molar-refractivity contribution in [2.24, 2.45) is 0 Å². The maximum absolute atomic E-state index is 11.3. The molecule has 0 saturated carbocycles. The van der Waals surface area contributed by atoms with Crippen molar-refractivity contribution in [3.63, 3.8) is 0 Å². The Morgan fingerprint density at radius 2 is 2.12 bits per heavy atom. The Hall–Kier alpha value is -1.55. The highest BCUT2D eigenvalue weighted by molar-refractivity contribution is 6.34. The van der Waals surface area contributed by atoms with Gasteiger partial charge in [0, 0.05) is 19.2 Å². The molecule has 0 radical (unpaired) electrons. The third kappa shape index (κ3) is 1.65. The van der Waals surface area contributed by atoms with E-state index in [0.29, 0.717) is 13.0 Å². The molecule has 1 N–H and O–H groups in total. The summed E-state index contributed by atoms with van der Waals surface area (Å²) in [5, 5.41) is 9.07. The summed E-state index contributed by atoms with van der Waals surface area (Å²) in [5.41, 5.74) is 1.67. The largest absolute Gasteiger partial charge is 0.478 e. The van der Waals surface area contributed by atoms with Gasteiger partial charge >= 0.3 is 5.97 Å². The van der Waals surface area contributed by atoms with E-state index in [1.807, 2.05) is 0 Å². The Balaban J connectivity index is 2.52. The van der Waals surface area contributed by atoms with Crippen LogP contribution in [0.4, 0.5) is 5.69 Å². The molecule has 1 aliphatic rings. The summed E-state index contributed by atoms with van der Waals surface area (Å²) in [6, 6.07) is 3.09. The lowest BCUT2D eigenvalue weighted by atomic mass is 10.1. The Labute approximate surface area is 97.4 Å². The molecule has 1 aromatic carbocycles. The number of benzene rings is 1.